The van der Waals surface area contributed by atoms with Crippen molar-refractivity contribution in [2.45, 2.75) is 26.2 Å². The van der Waals surface area contributed by atoms with Gasteiger partial charge in [0.1, 0.15) is 0 Å². The number of fused-ring (bicyclic) bond motifs is 1. The van der Waals surface area contributed by atoms with Crippen molar-refractivity contribution >= 4 is 28.1 Å². The minimum atomic E-state index is -0.474. The molecule has 6 nitrogen and oxygen atoms in total. The summed E-state index contributed by atoms with van der Waals surface area (Å²) in [5.74, 6) is -0.474. The van der Waals surface area contributed by atoms with E-state index in [2.05, 4.69) is 59.4 Å². The molecule has 7 heteroatoms. The predicted molar refractivity (Wildman–Crippen MR) is 130 cm³/mol. The van der Waals surface area contributed by atoms with E-state index in [0.29, 0.717) is 11.4 Å². The normalized spacial score (nSPS) is 12.3. The number of aromatic amines is 1. The molecular weight excluding hydrogens is 422 g/mol. The fourth-order valence-electron chi connectivity index (χ4n) is 3.69. The number of aromatic nitrogens is 1. The number of nitrogens with zero attached hydrogens (tertiary/aromatic N) is 1. The van der Waals surface area contributed by atoms with Gasteiger partial charge in [-0.15, -0.1) is 11.3 Å². The van der Waals surface area contributed by atoms with Crippen LogP contribution in [0.5, 0.6) is 0 Å². The second-order valence-corrected chi connectivity index (χ2v) is 8.81. The van der Waals surface area contributed by atoms with Crippen molar-refractivity contribution in [2.75, 3.05) is 26.2 Å². The van der Waals surface area contributed by atoms with Crippen LogP contribution in [-0.2, 0) is 12.8 Å². The first kappa shape index (κ1) is 23.9. The molecule has 0 atom stereocenters. The first-order valence-electron chi connectivity index (χ1n) is 10.8. The van der Waals surface area contributed by atoms with Gasteiger partial charge in [0.25, 0.3) is 5.91 Å². The second-order valence-electron chi connectivity index (χ2n) is 7.64. The molecular formula is C25H31N3O3S. The Morgan fingerprint density at radius 2 is 2.03 bits per heavy atom. The summed E-state index contributed by atoms with van der Waals surface area (Å²) in [5.41, 5.74) is 5.43. The molecule has 0 fully saturated rings. The van der Waals surface area contributed by atoms with E-state index in [1.807, 2.05) is 12.1 Å². The Morgan fingerprint density at radius 1 is 1.19 bits per heavy atom. The van der Waals surface area contributed by atoms with Crippen molar-refractivity contribution in [3.8, 4) is 0 Å². The summed E-state index contributed by atoms with van der Waals surface area (Å²) >= 11 is 1.38. The second kappa shape index (κ2) is 12.4. The number of aliphatic hydroxyl groups is 1. The van der Waals surface area contributed by atoms with Gasteiger partial charge in [-0.05, 0) is 49.9 Å². The lowest BCUT2D eigenvalue weighted by Gasteiger charge is -2.22. The number of aliphatic hydroxyl groups excluding tert-OH is 1. The topological polar surface area (TPSA) is 88.6 Å². The van der Waals surface area contributed by atoms with E-state index < -0.39 is 5.91 Å². The highest BCUT2D eigenvalue weighted by atomic mass is 32.1. The van der Waals surface area contributed by atoms with Crippen LogP contribution in [-0.4, -0.2) is 52.3 Å². The molecule has 3 aromatic rings. The summed E-state index contributed by atoms with van der Waals surface area (Å²) < 4.78 is 0. The summed E-state index contributed by atoms with van der Waals surface area (Å²) in [6, 6.07) is 12.0. The molecule has 32 heavy (non-hydrogen) atoms. The summed E-state index contributed by atoms with van der Waals surface area (Å²) in [6.07, 6.45) is 11.0. The van der Waals surface area contributed by atoms with E-state index in [1.165, 1.54) is 27.9 Å². The van der Waals surface area contributed by atoms with Gasteiger partial charge in [0.2, 0.25) is 0 Å². The minimum Gasteiger partial charge on any atom is -0.395 e. The van der Waals surface area contributed by atoms with Crippen molar-refractivity contribution in [3.05, 3.63) is 81.7 Å². The standard InChI is InChI=1S/C25H31N3O3S/c1-2-19(7-3-4-8-21-11-12-24(32-21)25(30)27-31)18-28(15-16-29)14-13-20-17-26-23-10-6-5-9-22(20)23/h2-6,9-12,17,26,29,31H,7-8,13-16,18H2,1H3,(H,27,30)/b4-3-,19-2+. The number of benzene rings is 1. The van der Waals surface area contributed by atoms with Crippen molar-refractivity contribution in [1.29, 1.82) is 0 Å². The number of carbonyl (C=O) groups excluding carboxylic acids is 1. The molecule has 2 heterocycles. The van der Waals surface area contributed by atoms with Gasteiger partial charge in [-0.3, -0.25) is 14.9 Å². The number of carbonyl (C=O) groups is 1. The van der Waals surface area contributed by atoms with E-state index in [9.17, 15) is 9.90 Å². The Hall–Kier alpha value is -2.71. The van der Waals surface area contributed by atoms with Gasteiger partial charge in [0.15, 0.2) is 0 Å². The third-order valence-corrected chi connectivity index (χ3v) is 6.58. The molecule has 0 radical (unpaired) electrons. The van der Waals surface area contributed by atoms with Gasteiger partial charge in [0.05, 0.1) is 11.5 Å². The number of H-pyrrole nitrogens is 1. The van der Waals surface area contributed by atoms with E-state index in [-0.39, 0.29) is 6.61 Å². The zero-order valence-electron chi connectivity index (χ0n) is 18.4. The molecule has 0 unspecified atom stereocenters. The van der Waals surface area contributed by atoms with E-state index in [0.717, 1.165) is 42.7 Å². The summed E-state index contributed by atoms with van der Waals surface area (Å²) in [4.78, 5) is 18.6. The highest BCUT2D eigenvalue weighted by Gasteiger charge is 2.10. The molecule has 0 spiro atoms. The molecule has 1 aromatic carbocycles. The molecule has 3 rings (SSSR count). The van der Waals surface area contributed by atoms with Crippen LogP contribution in [0.1, 0.15) is 33.5 Å². The number of nitrogens with one attached hydrogen (secondary N) is 2. The molecule has 0 saturated heterocycles. The maximum atomic E-state index is 11.4. The Labute approximate surface area is 192 Å². The van der Waals surface area contributed by atoms with Gasteiger partial charge in [-0.2, -0.15) is 0 Å². The van der Waals surface area contributed by atoms with Crippen LogP contribution in [0.2, 0.25) is 0 Å². The Balaban J connectivity index is 1.50. The SMILES string of the molecule is C/C=C(\C/C=C\Cc1ccc(C(=O)NO)s1)CN(CCO)CCc1c[nH]c2ccccc12. The molecule has 2 aromatic heterocycles. The lowest BCUT2D eigenvalue weighted by atomic mass is 10.1. The van der Waals surface area contributed by atoms with Crippen molar-refractivity contribution in [2.24, 2.45) is 0 Å². The van der Waals surface area contributed by atoms with Gasteiger partial charge < -0.3 is 10.1 Å². The monoisotopic (exact) mass is 453 g/mol. The van der Waals surface area contributed by atoms with Crippen molar-refractivity contribution in [1.82, 2.24) is 15.4 Å². The number of hydroxylamine groups is 1. The summed E-state index contributed by atoms with van der Waals surface area (Å²) in [5, 5.41) is 19.5. The fourth-order valence-corrected chi connectivity index (χ4v) is 4.56. The Kier molecular flexibility index (Phi) is 9.25. The van der Waals surface area contributed by atoms with E-state index in [4.69, 9.17) is 5.21 Å². The largest absolute Gasteiger partial charge is 0.395 e. The van der Waals surface area contributed by atoms with E-state index >= 15 is 0 Å². The Bertz CT molecular complexity index is 1070. The lowest BCUT2D eigenvalue weighted by Crippen LogP contribution is -2.31. The number of rotatable bonds is 12. The smallest absolute Gasteiger partial charge is 0.284 e. The molecule has 1 amide bonds. The first-order chi connectivity index (χ1) is 15.6. The van der Waals surface area contributed by atoms with Crippen LogP contribution >= 0.6 is 11.3 Å². The van der Waals surface area contributed by atoms with Gasteiger partial charge in [0, 0.05) is 41.6 Å². The first-order valence-corrected chi connectivity index (χ1v) is 11.7. The molecule has 0 aliphatic carbocycles. The number of hydrogen-bond acceptors (Lipinski definition) is 5. The van der Waals surface area contributed by atoms with Crippen LogP contribution in [0, 0.1) is 0 Å². The maximum absolute atomic E-state index is 11.4. The molecule has 170 valence electrons. The quantitative estimate of drug-likeness (QED) is 0.187. The number of para-hydroxylation sites is 1. The zero-order chi connectivity index (χ0) is 22.8. The predicted octanol–water partition coefficient (Wildman–Crippen LogP) is 4.32. The number of hydrogen-bond donors (Lipinski definition) is 4. The van der Waals surface area contributed by atoms with Crippen molar-refractivity contribution in [3.63, 3.8) is 0 Å². The summed E-state index contributed by atoms with van der Waals surface area (Å²) in [6.45, 7) is 4.55. The lowest BCUT2D eigenvalue weighted by molar-refractivity contribution is 0.0711. The molecule has 0 aliphatic rings. The average molecular weight is 454 g/mol. The van der Waals surface area contributed by atoms with E-state index in [1.54, 1.807) is 11.5 Å². The minimum absolute atomic E-state index is 0.142. The summed E-state index contributed by atoms with van der Waals surface area (Å²) in [7, 11) is 0. The zero-order valence-corrected chi connectivity index (χ0v) is 19.2. The van der Waals surface area contributed by atoms with Crippen LogP contribution in [0.3, 0.4) is 0 Å². The van der Waals surface area contributed by atoms with Crippen LogP contribution in [0.15, 0.2) is 66.4 Å². The fraction of sp³-hybridized carbons (Fsp3) is 0.320. The van der Waals surface area contributed by atoms with Crippen LogP contribution in [0.4, 0.5) is 0 Å². The van der Waals surface area contributed by atoms with Crippen molar-refractivity contribution < 1.29 is 15.1 Å². The number of thiophene rings is 1. The molecule has 0 aliphatic heterocycles. The molecule has 0 bridgehead atoms. The number of allylic oxidation sites excluding steroid dienone is 3. The molecule has 4 N–H and O–H groups in total. The van der Waals surface area contributed by atoms with Crippen LogP contribution in [0.25, 0.3) is 10.9 Å². The van der Waals surface area contributed by atoms with Gasteiger partial charge >= 0.3 is 0 Å². The highest BCUT2D eigenvalue weighted by Crippen LogP contribution is 2.19. The third-order valence-electron chi connectivity index (χ3n) is 5.48. The molecule has 0 saturated carbocycles. The average Bonchev–Trinajstić information content (AvgIpc) is 3.46. The number of amides is 1. The van der Waals surface area contributed by atoms with Gasteiger partial charge in [-0.25, -0.2) is 5.48 Å². The Morgan fingerprint density at radius 3 is 2.81 bits per heavy atom. The van der Waals surface area contributed by atoms with Gasteiger partial charge in [-0.1, -0.05) is 42.0 Å². The maximum Gasteiger partial charge on any atom is 0.284 e. The van der Waals surface area contributed by atoms with Crippen LogP contribution < -0.4 is 5.48 Å². The third kappa shape index (κ3) is 6.64. The highest BCUT2D eigenvalue weighted by molar-refractivity contribution is 7.14.